The monoisotopic (exact) mass is 483 g/mol. The number of anilines is 2. The first-order valence-electron chi connectivity index (χ1n) is 12.5. The lowest BCUT2D eigenvalue weighted by Crippen LogP contribution is -2.61. The number of amides is 2. The van der Waals surface area contributed by atoms with Crippen molar-refractivity contribution in [1.82, 2.24) is 30.4 Å². The second-order valence-corrected chi connectivity index (χ2v) is 10.7. The molecule has 0 bridgehead atoms. The van der Waals surface area contributed by atoms with Gasteiger partial charge in [0.25, 0.3) is 0 Å². The number of alkyl carbamates (subject to hydrolysis) is 1. The van der Waals surface area contributed by atoms with Crippen LogP contribution in [-0.4, -0.2) is 54.8 Å². The second kappa shape index (κ2) is 9.83. The fraction of sp³-hybridized carbons (Fsp3) is 0.640. The summed E-state index contributed by atoms with van der Waals surface area (Å²) in [6.45, 7) is 9.89. The molecule has 0 aromatic carbocycles. The molecule has 1 aliphatic carbocycles. The summed E-state index contributed by atoms with van der Waals surface area (Å²) < 4.78 is 5.52. The number of carbonyl (C=O) groups excluding carboxylic acids is 2. The number of H-pyrrole nitrogens is 1. The Morgan fingerprint density at radius 2 is 1.83 bits per heavy atom. The maximum absolute atomic E-state index is 14.1. The maximum Gasteiger partial charge on any atom is 0.408 e. The fourth-order valence-corrected chi connectivity index (χ4v) is 5.08. The Morgan fingerprint density at radius 3 is 2.49 bits per heavy atom. The standard InChI is InChI=1S/C25H37N7O3/c1-16-14-21(31-30-16)28-20-15-18(26-17(2)27-20)19-10-9-13-32(19)22(33)25(11-7-6-8-12-25)29-23(34)35-24(3,4)5/h14-15,19H,6-13H2,1-5H3,(H,29,34)(H2,26,27,28,30,31)/t19-/m0/s1. The van der Waals surface area contributed by atoms with E-state index in [-0.39, 0.29) is 11.9 Å². The van der Waals surface area contributed by atoms with Crippen LogP contribution in [0.25, 0.3) is 0 Å². The minimum Gasteiger partial charge on any atom is -0.444 e. The van der Waals surface area contributed by atoms with Crippen LogP contribution >= 0.6 is 0 Å². The lowest BCUT2D eigenvalue weighted by molar-refractivity contribution is -0.141. The lowest BCUT2D eigenvalue weighted by atomic mass is 9.80. The van der Waals surface area contributed by atoms with Crippen molar-refractivity contribution >= 4 is 23.6 Å². The molecule has 4 rings (SSSR count). The van der Waals surface area contributed by atoms with Crippen molar-refractivity contribution in [1.29, 1.82) is 0 Å². The molecule has 10 heteroatoms. The molecule has 2 aliphatic rings. The summed E-state index contributed by atoms with van der Waals surface area (Å²) in [5, 5.41) is 13.3. The molecule has 2 aromatic heterocycles. The van der Waals surface area contributed by atoms with E-state index in [0.717, 1.165) is 43.5 Å². The minimum atomic E-state index is -0.946. The molecule has 0 radical (unpaired) electrons. The summed E-state index contributed by atoms with van der Waals surface area (Å²) >= 11 is 0. The normalized spacial score (nSPS) is 19.9. The second-order valence-electron chi connectivity index (χ2n) is 10.7. The van der Waals surface area contributed by atoms with Crippen LogP contribution in [0.2, 0.25) is 0 Å². The van der Waals surface area contributed by atoms with Crippen LogP contribution in [-0.2, 0) is 9.53 Å². The zero-order valence-electron chi connectivity index (χ0n) is 21.4. The molecule has 3 N–H and O–H groups in total. The van der Waals surface area contributed by atoms with Gasteiger partial charge in [-0.25, -0.2) is 14.8 Å². The average Bonchev–Trinajstić information content (AvgIpc) is 3.41. The minimum absolute atomic E-state index is 0.0424. The summed E-state index contributed by atoms with van der Waals surface area (Å²) in [6, 6.07) is 3.62. The van der Waals surface area contributed by atoms with Crippen molar-refractivity contribution in [2.45, 2.75) is 96.7 Å². The van der Waals surface area contributed by atoms with Gasteiger partial charge in [0, 0.05) is 24.4 Å². The molecule has 2 amide bonds. The van der Waals surface area contributed by atoms with E-state index in [9.17, 15) is 9.59 Å². The van der Waals surface area contributed by atoms with Gasteiger partial charge in [0.2, 0.25) is 5.91 Å². The number of ether oxygens (including phenoxy) is 1. The summed E-state index contributed by atoms with van der Waals surface area (Å²) in [5.41, 5.74) is 0.162. The number of hydrogen-bond acceptors (Lipinski definition) is 7. The van der Waals surface area contributed by atoms with Gasteiger partial charge in [0.1, 0.15) is 22.8 Å². The number of hydrogen-bond donors (Lipinski definition) is 3. The SMILES string of the molecule is Cc1nc(Nc2cc(C)[nH]n2)cc([C@@H]2CCCN2C(=O)C2(NC(=O)OC(C)(C)C)CCCCC2)n1. The van der Waals surface area contributed by atoms with Gasteiger partial charge in [0.05, 0.1) is 11.7 Å². The Kier molecular flexibility index (Phi) is 7.00. The van der Waals surface area contributed by atoms with Gasteiger partial charge < -0.3 is 20.3 Å². The molecule has 10 nitrogen and oxygen atoms in total. The highest BCUT2D eigenvalue weighted by molar-refractivity contribution is 5.90. The van der Waals surface area contributed by atoms with Crippen LogP contribution in [0.5, 0.6) is 0 Å². The largest absolute Gasteiger partial charge is 0.444 e. The molecule has 0 unspecified atom stereocenters. The molecule has 1 aliphatic heterocycles. The van der Waals surface area contributed by atoms with Crippen molar-refractivity contribution in [2.75, 3.05) is 11.9 Å². The van der Waals surface area contributed by atoms with Gasteiger partial charge in [-0.2, -0.15) is 5.10 Å². The maximum atomic E-state index is 14.1. The van der Waals surface area contributed by atoms with Crippen molar-refractivity contribution in [3.63, 3.8) is 0 Å². The van der Waals surface area contributed by atoms with Gasteiger partial charge in [-0.1, -0.05) is 19.3 Å². The van der Waals surface area contributed by atoms with Crippen LogP contribution in [0.15, 0.2) is 12.1 Å². The highest BCUT2D eigenvalue weighted by Crippen LogP contribution is 2.38. The zero-order valence-corrected chi connectivity index (χ0v) is 21.4. The van der Waals surface area contributed by atoms with E-state index in [2.05, 4.69) is 30.8 Å². The molecule has 2 fully saturated rings. The van der Waals surface area contributed by atoms with Crippen molar-refractivity contribution < 1.29 is 14.3 Å². The Morgan fingerprint density at radius 1 is 1.09 bits per heavy atom. The number of aromatic nitrogens is 4. The van der Waals surface area contributed by atoms with E-state index in [0.29, 0.717) is 36.8 Å². The lowest BCUT2D eigenvalue weighted by Gasteiger charge is -2.41. The van der Waals surface area contributed by atoms with Gasteiger partial charge >= 0.3 is 6.09 Å². The highest BCUT2D eigenvalue weighted by atomic mass is 16.6. The van der Waals surface area contributed by atoms with Crippen molar-refractivity contribution in [2.24, 2.45) is 0 Å². The quantitative estimate of drug-likeness (QED) is 0.574. The first kappa shape index (κ1) is 24.9. The number of carbonyl (C=O) groups is 2. The molecule has 35 heavy (non-hydrogen) atoms. The summed E-state index contributed by atoms with van der Waals surface area (Å²) in [5.74, 6) is 1.89. The summed E-state index contributed by atoms with van der Waals surface area (Å²) in [4.78, 5) is 37.9. The first-order valence-corrected chi connectivity index (χ1v) is 12.5. The van der Waals surface area contributed by atoms with E-state index < -0.39 is 17.2 Å². The number of aryl methyl sites for hydroxylation is 2. The highest BCUT2D eigenvalue weighted by Gasteiger charge is 2.47. The first-order chi connectivity index (χ1) is 16.5. The molecule has 3 heterocycles. The van der Waals surface area contributed by atoms with Gasteiger partial charge in [-0.15, -0.1) is 0 Å². The molecule has 0 spiro atoms. The number of nitrogens with zero attached hydrogens (tertiary/aromatic N) is 4. The third-order valence-corrected chi connectivity index (χ3v) is 6.53. The number of rotatable bonds is 5. The van der Waals surface area contributed by atoms with E-state index in [1.807, 2.05) is 51.7 Å². The third-order valence-electron chi connectivity index (χ3n) is 6.53. The fourth-order valence-electron chi connectivity index (χ4n) is 5.08. The Bertz CT molecular complexity index is 1070. The Hall–Kier alpha value is -3.17. The van der Waals surface area contributed by atoms with E-state index in [1.165, 1.54) is 0 Å². The zero-order chi connectivity index (χ0) is 25.2. The predicted molar refractivity (Wildman–Crippen MR) is 132 cm³/mol. The molecule has 190 valence electrons. The smallest absolute Gasteiger partial charge is 0.408 e. The van der Waals surface area contributed by atoms with Crippen molar-refractivity contribution in [3.05, 3.63) is 29.3 Å². The molecule has 2 aromatic rings. The summed E-state index contributed by atoms with van der Waals surface area (Å²) in [6.07, 6.45) is 5.22. The topological polar surface area (TPSA) is 125 Å². The number of likely N-dealkylation sites (tertiary alicyclic amines) is 1. The van der Waals surface area contributed by atoms with Crippen LogP contribution in [0, 0.1) is 13.8 Å². The Balaban J connectivity index is 1.58. The molecular weight excluding hydrogens is 446 g/mol. The summed E-state index contributed by atoms with van der Waals surface area (Å²) in [7, 11) is 0. The molecular formula is C25H37N7O3. The van der Waals surface area contributed by atoms with Crippen LogP contribution in [0.4, 0.5) is 16.4 Å². The molecule has 1 atom stereocenters. The molecule has 1 saturated heterocycles. The number of nitrogens with one attached hydrogen (secondary N) is 3. The Labute approximate surface area is 206 Å². The molecule has 1 saturated carbocycles. The van der Waals surface area contributed by atoms with Crippen LogP contribution in [0.3, 0.4) is 0 Å². The van der Waals surface area contributed by atoms with Gasteiger partial charge in [-0.05, 0) is 60.3 Å². The van der Waals surface area contributed by atoms with E-state index in [4.69, 9.17) is 4.74 Å². The van der Waals surface area contributed by atoms with E-state index in [1.54, 1.807) is 0 Å². The van der Waals surface area contributed by atoms with Crippen molar-refractivity contribution in [3.8, 4) is 0 Å². The number of aromatic amines is 1. The van der Waals surface area contributed by atoms with Crippen LogP contribution < -0.4 is 10.6 Å². The van der Waals surface area contributed by atoms with Gasteiger partial charge in [0.15, 0.2) is 5.82 Å². The van der Waals surface area contributed by atoms with E-state index >= 15 is 0 Å². The third kappa shape index (κ3) is 5.91. The average molecular weight is 484 g/mol. The van der Waals surface area contributed by atoms with Crippen LogP contribution in [0.1, 0.15) is 89.0 Å². The predicted octanol–water partition coefficient (Wildman–Crippen LogP) is 4.45. The van der Waals surface area contributed by atoms with Gasteiger partial charge in [-0.3, -0.25) is 9.89 Å².